The van der Waals surface area contributed by atoms with Crippen molar-refractivity contribution in [1.29, 1.82) is 0 Å². The number of halogens is 1. The number of sulfonamides is 1. The first kappa shape index (κ1) is 13.6. The smallest absolute Gasteiger partial charge is 0.241 e. The Morgan fingerprint density at radius 3 is 2.62 bits per heavy atom. The van der Waals surface area contributed by atoms with E-state index in [2.05, 4.69) is 26.0 Å². The Balaban J connectivity index is 2.93. The lowest BCUT2D eigenvalue weighted by atomic mass is 10.2. The highest BCUT2D eigenvalue weighted by atomic mass is 79.9. The fraction of sp³-hybridized carbons (Fsp3) is 0.400. The van der Waals surface area contributed by atoms with Gasteiger partial charge in [0.1, 0.15) is 0 Å². The number of benzene rings is 1. The summed E-state index contributed by atoms with van der Waals surface area (Å²) in [6, 6.07) is 5.24. The Morgan fingerprint density at radius 2 is 2.00 bits per heavy atom. The van der Waals surface area contributed by atoms with Crippen molar-refractivity contribution in [2.45, 2.75) is 11.8 Å². The third kappa shape index (κ3) is 3.55. The van der Waals surface area contributed by atoms with Gasteiger partial charge >= 0.3 is 0 Å². The van der Waals surface area contributed by atoms with Crippen LogP contribution in [0.5, 0.6) is 0 Å². The summed E-state index contributed by atoms with van der Waals surface area (Å²) in [5.41, 5.74) is 0.914. The fourth-order valence-corrected chi connectivity index (χ4v) is 3.28. The number of hydrogen-bond donors (Lipinski definition) is 2. The second-order valence-electron chi connectivity index (χ2n) is 3.44. The van der Waals surface area contributed by atoms with Crippen LogP contribution in [0.4, 0.5) is 0 Å². The molecule has 0 unspecified atom stereocenters. The molecule has 0 radical (unpaired) electrons. The zero-order chi connectivity index (χ0) is 12.2. The number of rotatable bonds is 5. The molecule has 0 aromatic heterocycles. The lowest BCUT2D eigenvalue weighted by Gasteiger charge is -2.08. The molecule has 4 nitrogen and oxygen atoms in total. The Labute approximate surface area is 105 Å². The van der Waals surface area contributed by atoms with Gasteiger partial charge in [0.05, 0.1) is 4.90 Å². The molecule has 0 spiro atoms. The Morgan fingerprint density at radius 1 is 1.31 bits per heavy atom. The molecule has 0 bridgehead atoms. The topological polar surface area (TPSA) is 58.2 Å². The van der Waals surface area contributed by atoms with Gasteiger partial charge in [-0.15, -0.1) is 0 Å². The Bertz CT molecular complexity index is 460. The minimum absolute atomic E-state index is 0.281. The molecule has 90 valence electrons. The van der Waals surface area contributed by atoms with Crippen LogP contribution in [0.1, 0.15) is 5.56 Å². The van der Waals surface area contributed by atoms with E-state index in [0.717, 1.165) is 5.56 Å². The zero-order valence-corrected chi connectivity index (χ0v) is 11.7. The summed E-state index contributed by atoms with van der Waals surface area (Å²) in [5.74, 6) is 0. The molecule has 16 heavy (non-hydrogen) atoms. The lowest BCUT2D eigenvalue weighted by Crippen LogP contribution is -2.30. The summed E-state index contributed by atoms with van der Waals surface area (Å²) in [6.45, 7) is 2.83. The summed E-state index contributed by atoms with van der Waals surface area (Å²) < 4.78 is 26.9. The highest BCUT2D eigenvalue weighted by Gasteiger charge is 2.16. The van der Waals surface area contributed by atoms with Gasteiger partial charge < -0.3 is 5.32 Å². The molecule has 1 aromatic carbocycles. The van der Waals surface area contributed by atoms with E-state index >= 15 is 0 Å². The minimum Gasteiger partial charge on any atom is -0.318 e. The average Bonchev–Trinajstić information content (AvgIpc) is 2.22. The van der Waals surface area contributed by atoms with Gasteiger partial charge in [0, 0.05) is 17.6 Å². The monoisotopic (exact) mass is 306 g/mol. The molecule has 0 aliphatic carbocycles. The highest BCUT2D eigenvalue weighted by molar-refractivity contribution is 9.10. The van der Waals surface area contributed by atoms with E-state index in [1.54, 1.807) is 19.2 Å². The van der Waals surface area contributed by atoms with Crippen molar-refractivity contribution >= 4 is 26.0 Å². The minimum atomic E-state index is -3.42. The molecule has 1 aromatic rings. The quantitative estimate of drug-likeness (QED) is 0.805. The zero-order valence-electron chi connectivity index (χ0n) is 9.25. The molecule has 0 aliphatic rings. The van der Waals surface area contributed by atoms with E-state index < -0.39 is 10.0 Å². The van der Waals surface area contributed by atoms with Crippen LogP contribution in [0.15, 0.2) is 27.6 Å². The Kier molecular flexibility index (Phi) is 4.91. The van der Waals surface area contributed by atoms with Crippen LogP contribution >= 0.6 is 15.9 Å². The molecule has 1 rings (SSSR count). The molecular weight excluding hydrogens is 292 g/mol. The molecule has 6 heteroatoms. The second kappa shape index (κ2) is 5.77. The fourth-order valence-electron chi connectivity index (χ4n) is 1.20. The number of nitrogens with one attached hydrogen (secondary N) is 2. The molecule has 0 fully saturated rings. The molecule has 0 heterocycles. The molecule has 2 N–H and O–H groups in total. The van der Waals surface area contributed by atoms with Crippen LogP contribution < -0.4 is 10.0 Å². The van der Waals surface area contributed by atoms with E-state index in [-0.39, 0.29) is 4.90 Å². The second-order valence-corrected chi connectivity index (χ2v) is 6.02. The summed E-state index contributed by atoms with van der Waals surface area (Å²) in [4.78, 5) is 0.281. The maximum absolute atomic E-state index is 11.9. The van der Waals surface area contributed by atoms with Gasteiger partial charge in [0.15, 0.2) is 0 Å². The van der Waals surface area contributed by atoms with E-state index in [9.17, 15) is 8.42 Å². The van der Waals surface area contributed by atoms with E-state index in [4.69, 9.17) is 0 Å². The molecule has 0 saturated carbocycles. The summed E-state index contributed by atoms with van der Waals surface area (Å²) in [5, 5.41) is 2.88. The van der Waals surface area contributed by atoms with Crippen LogP contribution in [-0.2, 0) is 10.0 Å². The van der Waals surface area contributed by atoms with Crippen LogP contribution in [0.3, 0.4) is 0 Å². The highest BCUT2D eigenvalue weighted by Crippen LogP contribution is 2.22. The van der Waals surface area contributed by atoms with Gasteiger partial charge in [-0.1, -0.05) is 6.07 Å². The molecule has 0 amide bonds. The van der Waals surface area contributed by atoms with Crippen molar-refractivity contribution in [3.63, 3.8) is 0 Å². The van der Waals surface area contributed by atoms with E-state index in [1.165, 1.54) is 0 Å². The summed E-state index contributed by atoms with van der Waals surface area (Å²) in [7, 11) is -1.65. The molecular formula is C10H15BrN2O2S. The van der Waals surface area contributed by atoms with Crippen LogP contribution in [-0.4, -0.2) is 28.6 Å². The van der Waals surface area contributed by atoms with Crippen LogP contribution in [0.25, 0.3) is 0 Å². The lowest BCUT2D eigenvalue weighted by molar-refractivity contribution is 0.579. The number of aryl methyl sites for hydroxylation is 1. The summed E-state index contributed by atoms with van der Waals surface area (Å²) >= 11 is 3.24. The van der Waals surface area contributed by atoms with Gasteiger partial charge in [-0.3, -0.25) is 0 Å². The van der Waals surface area contributed by atoms with Crippen molar-refractivity contribution in [2.24, 2.45) is 0 Å². The largest absolute Gasteiger partial charge is 0.318 e. The van der Waals surface area contributed by atoms with Crippen molar-refractivity contribution in [3.05, 3.63) is 28.2 Å². The van der Waals surface area contributed by atoms with E-state index in [0.29, 0.717) is 17.6 Å². The van der Waals surface area contributed by atoms with Crippen molar-refractivity contribution in [1.82, 2.24) is 10.0 Å². The first-order valence-electron chi connectivity index (χ1n) is 4.88. The van der Waals surface area contributed by atoms with Crippen molar-refractivity contribution in [2.75, 3.05) is 20.1 Å². The maximum atomic E-state index is 11.9. The molecule has 0 saturated heterocycles. The predicted octanol–water partition coefficient (Wildman–Crippen LogP) is 1.26. The van der Waals surface area contributed by atoms with Gasteiger partial charge in [-0.25, -0.2) is 13.1 Å². The van der Waals surface area contributed by atoms with Crippen LogP contribution in [0.2, 0.25) is 0 Å². The Hall–Kier alpha value is -0.430. The third-order valence-electron chi connectivity index (χ3n) is 2.04. The standard InChI is InChI=1S/C10H15BrN2O2S/c1-8-3-4-9(11)10(7-8)16(14,15)13-6-5-12-2/h3-4,7,12-13H,5-6H2,1-2H3. The van der Waals surface area contributed by atoms with Crippen LogP contribution in [0, 0.1) is 6.92 Å². The molecule has 0 aliphatic heterocycles. The maximum Gasteiger partial charge on any atom is 0.241 e. The average molecular weight is 307 g/mol. The summed E-state index contributed by atoms with van der Waals surface area (Å²) in [6.07, 6.45) is 0. The van der Waals surface area contributed by atoms with E-state index in [1.807, 2.05) is 13.0 Å². The SMILES string of the molecule is CNCCNS(=O)(=O)c1cc(C)ccc1Br. The van der Waals surface area contributed by atoms with Gasteiger partial charge in [-0.2, -0.15) is 0 Å². The molecule has 0 atom stereocenters. The van der Waals surface area contributed by atoms with Crippen molar-refractivity contribution in [3.8, 4) is 0 Å². The first-order valence-corrected chi connectivity index (χ1v) is 7.15. The third-order valence-corrected chi connectivity index (χ3v) is 4.50. The first-order chi connectivity index (χ1) is 7.47. The number of likely N-dealkylation sites (N-methyl/N-ethyl adjacent to an activating group) is 1. The number of hydrogen-bond acceptors (Lipinski definition) is 3. The normalized spacial score (nSPS) is 11.7. The van der Waals surface area contributed by atoms with Crippen molar-refractivity contribution < 1.29 is 8.42 Å². The van der Waals surface area contributed by atoms with Gasteiger partial charge in [0.25, 0.3) is 0 Å². The van der Waals surface area contributed by atoms with Gasteiger partial charge in [-0.05, 0) is 47.6 Å². The van der Waals surface area contributed by atoms with Gasteiger partial charge in [0.2, 0.25) is 10.0 Å². The predicted molar refractivity (Wildman–Crippen MR) is 68.0 cm³/mol.